The fourth-order valence-corrected chi connectivity index (χ4v) is 4.02. The first-order valence-electron chi connectivity index (χ1n) is 8.24. The van der Waals surface area contributed by atoms with Crippen LogP contribution >= 0.6 is 11.6 Å². The fourth-order valence-electron chi connectivity index (χ4n) is 2.55. The van der Waals surface area contributed by atoms with E-state index in [1.807, 2.05) is 0 Å². The fraction of sp³-hybridized carbons (Fsp3) is 0.118. The van der Waals surface area contributed by atoms with Crippen LogP contribution in [-0.4, -0.2) is 36.4 Å². The van der Waals surface area contributed by atoms with Crippen LogP contribution in [0.1, 0.15) is 16.2 Å². The number of halogens is 6. The second kappa shape index (κ2) is 8.35. The summed E-state index contributed by atoms with van der Waals surface area (Å²) in [5, 5.41) is 5.80. The molecule has 1 heterocycles. The first kappa shape index (κ1) is 23.4. The summed E-state index contributed by atoms with van der Waals surface area (Å²) in [6.07, 6.45) is -5.33. The summed E-state index contributed by atoms with van der Waals surface area (Å²) in [5.41, 5.74) is -4.22. The van der Waals surface area contributed by atoms with Crippen molar-refractivity contribution < 1.29 is 39.9 Å². The third-order valence-corrected chi connectivity index (χ3v) is 5.76. The number of aromatic nitrogens is 3. The molecule has 170 valence electrons. The van der Waals surface area contributed by atoms with Crippen LogP contribution in [0.4, 0.5) is 22.0 Å². The molecule has 0 saturated carbocycles. The van der Waals surface area contributed by atoms with Gasteiger partial charge in [-0.3, -0.25) is 4.79 Å². The zero-order valence-corrected chi connectivity index (χ0v) is 17.2. The Balaban J connectivity index is 2.07. The molecular formula is C17H10ClF5N4O4S. The molecule has 0 aliphatic carbocycles. The predicted molar refractivity (Wildman–Crippen MR) is 98.9 cm³/mol. The molecule has 1 aromatic heterocycles. The number of nitrogens with one attached hydrogen (secondary N) is 1. The second-order valence-corrected chi connectivity index (χ2v) is 8.08. The average Bonchev–Trinajstić information content (AvgIpc) is 3.13. The number of nitrogens with zero attached hydrogens (tertiary/aromatic N) is 3. The smallest absolute Gasteiger partial charge is 0.435 e. The number of alkyl halides is 3. The Hall–Kier alpha value is -3.26. The van der Waals surface area contributed by atoms with E-state index >= 15 is 0 Å². The van der Waals surface area contributed by atoms with E-state index in [0.29, 0.717) is 18.2 Å². The second-order valence-electron chi connectivity index (χ2n) is 6.02. The third-order valence-electron chi connectivity index (χ3n) is 3.95. The van der Waals surface area contributed by atoms with Crippen LogP contribution in [0.5, 0.6) is 5.75 Å². The molecule has 3 aromatic rings. The Morgan fingerprint density at radius 3 is 2.44 bits per heavy atom. The summed E-state index contributed by atoms with van der Waals surface area (Å²) in [6, 6.07) is 4.99. The molecule has 15 heteroatoms. The lowest BCUT2D eigenvalue weighted by atomic mass is 10.2. The molecule has 3 rings (SSSR count). The van der Waals surface area contributed by atoms with Crippen molar-refractivity contribution in [3.05, 3.63) is 64.4 Å². The van der Waals surface area contributed by atoms with Gasteiger partial charge in [-0.1, -0.05) is 16.8 Å². The van der Waals surface area contributed by atoms with Crippen LogP contribution in [0.3, 0.4) is 0 Å². The van der Waals surface area contributed by atoms with Gasteiger partial charge in [0.2, 0.25) is 0 Å². The number of carbonyl (C=O) groups excluding carboxylic acids is 1. The van der Waals surface area contributed by atoms with E-state index in [-0.39, 0.29) is 15.5 Å². The van der Waals surface area contributed by atoms with Crippen molar-refractivity contribution >= 4 is 27.5 Å². The molecule has 1 amide bonds. The zero-order valence-electron chi connectivity index (χ0n) is 15.6. The van der Waals surface area contributed by atoms with Gasteiger partial charge in [0.05, 0.1) is 12.1 Å². The molecule has 0 aliphatic heterocycles. The van der Waals surface area contributed by atoms with Crippen molar-refractivity contribution in [1.29, 1.82) is 0 Å². The van der Waals surface area contributed by atoms with Crippen molar-refractivity contribution in [3.8, 4) is 11.4 Å². The Morgan fingerprint density at radius 2 is 1.84 bits per heavy atom. The monoisotopic (exact) mass is 496 g/mol. The number of carbonyl (C=O) groups is 1. The van der Waals surface area contributed by atoms with Crippen molar-refractivity contribution in [2.24, 2.45) is 0 Å². The van der Waals surface area contributed by atoms with Gasteiger partial charge in [0.15, 0.2) is 17.2 Å². The van der Waals surface area contributed by atoms with Gasteiger partial charge < -0.3 is 4.74 Å². The lowest BCUT2D eigenvalue weighted by Gasteiger charge is -2.12. The summed E-state index contributed by atoms with van der Waals surface area (Å²) in [5.74, 6) is -4.27. The van der Waals surface area contributed by atoms with Crippen LogP contribution in [0.25, 0.3) is 5.69 Å². The van der Waals surface area contributed by atoms with Gasteiger partial charge in [0.25, 0.3) is 15.9 Å². The van der Waals surface area contributed by atoms with E-state index in [1.165, 1.54) is 17.9 Å². The number of methoxy groups -OCH3 is 1. The first-order chi connectivity index (χ1) is 14.8. The molecule has 0 aliphatic rings. The Bertz CT molecular complexity index is 1310. The molecule has 1 N–H and O–H groups in total. The van der Waals surface area contributed by atoms with Gasteiger partial charge in [-0.15, -0.1) is 5.10 Å². The molecule has 0 saturated heterocycles. The zero-order chi connectivity index (χ0) is 23.8. The summed E-state index contributed by atoms with van der Waals surface area (Å²) < 4.78 is 99.3. The van der Waals surface area contributed by atoms with E-state index in [9.17, 15) is 35.2 Å². The number of sulfonamides is 1. The molecular weight excluding hydrogens is 487 g/mol. The lowest BCUT2D eigenvalue weighted by molar-refractivity contribution is -0.143. The van der Waals surface area contributed by atoms with Gasteiger partial charge in [0, 0.05) is 12.1 Å². The highest BCUT2D eigenvalue weighted by Gasteiger charge is 2.43. The minimum Gasteiger partial charge on any atom is -0.497 e. The lowest BCUT2D eigenvalue weighted by Crippen LogP contribution is -2.33. The van der Waals surface area contributed by atoms with E-state index in [4.69, 9.17) is 16.3 Å². The Morgan fingerprint density at radius 1 is 1.16 bits per heavy atom. The summed E-state index contributed by atoms with van der Waals surface area (Å²) in [7, 11) is -3.56. The maximum atomic E-state index is 14.0. The number of rotatable bonds is 5. The maximum Gasteiger partial charge on any atom is 0.435 e. The quantitative estimate of drug-likeness (QED) is 0.543. The third kappa shape index (κ3) is 4.50. The molecule has 0 radical (unpaired) electrons. The highest BCUT2D eigenvalue weighted by molar-refractivity contribution is 7.90. The number of amides is 1. The van der Waals surface area contributed by atoms with Crippen molar-refractivity contribution in [3.63, 3.8) is 0 Å². The Kier molecular flexibility index (Phi) is 6.11. The largest absolute Gasteiger partial charge is 0.497 e. The SMILES string of the molecule is COc1ccc(Cl)c(S(=O)(=O)NC(=O)c2nnn(-c3ccc(F)cc3F)c2C(F)(F)F)c1. The maximum absolute atomic E-state index is 14.0. The predicted octanol–water partition coefficient (Wildman–Crippen LogP) is 3.35. The van der Waals surface area contributed by atoms with E-state index in [1.54, 1.807) is 0 Å². The standard InChI is InChI=1S/C17H10ClF5N4O4S/c1-31-9-3-4-10(18)13(7-9)32(29,30)25-16(28)14-15(17(21,22)23)27(26-24-14)12-5-2-8(19)6-11(12)20/h2-7H,1H3,(H,25,28). The molecule has 0 unspecified atom stereocenters. The van der Waals surface area contributed by atoms with E-state index < -0.39 is 55.7 Å². The number of ether oxygens (including phenoxy) is 1. The number of hydrogen-bond donors (Lipinski definition) is 1. The topological polar surface area (TPSA) is 103 Å². The van der Waals surface area contributed by atoms with Gasteiger partial charge in [-0.25, -0.2) is 26.6 Å². The normalized spacial score (nSPS) is 12.0. The number of hydrogen-bond acceptors (Lipinski definition) is 6. The number of benzene rings is 2. The van der Waals surface area contributed by atoms with Crippen LogP contribution in [0, 0.1) is 11.6 Å². The van der Waals surface area contributed by atoms with Crippen LogP contribution in [-0.2, 0) is 16.2 Å². The molecule has 0 bridgehead atoms. The molecule has 0 fully saturated rings. The van der Waals surface area contributed by atoms with E-state index in [0.717, 1.165) is 12.1 Å². The van der Waals surface area contributed by atoms with Crippen LogP contribution in [0.15, 0.2) is 41.3 Å². The summed E-state index contributed by atoms with van der Waals surface area (Å²) >= 11 is 5.81. The molecule has 8 nitrogen and oxygen atoms in total. The molecule has 32 heavy (non-hydrogen) atoms. The van der Waals surface area contributed by atoms with Crippen molar-refractivity contribution in [1.82, 2.24) is 19.7 Å². The van der Waals surface area contributed by atoms with Gasteiger partial charge >= 0.3 is 6.18 Å². The van der Waals surface area contributed by atoms with Gasteiger partial charge in [0.1, 0.15) is 22.1 Å². The highest BCUT2D eigenvalue weighted by Crippen LogP contribution is 2.34. The van der Waals surface area contributed by atoms with Crippen molar-refractivity contribution in [2.75, 3.05) is 7.11 Å². The summed E-state index contributed by atoms with van der Waals surface area (Å²) in [6.45, 7) is 0. The van der Waals surface area contributed by atoms with Crippen LogP contribution in [0.2, 0.25) is 5.02 Å². The van der Waals surface area contributed by atoms with E-state index in [2.05, 4.69) is 10.3 Å². The minimum atomic E-state index is -5.33. The minimum absolute atomic E-state index is 0.0379. The molecule has 0 atom stereocenters. The van der Waals surface area contributed by atoms with Crippen molar-refractivity contribution in [2.45, 2.75) is 11.1 Å². The summed E-state index contributed by atoms with van der Waals surface area (Å²) in [4.78, 5) is 11.8. The van der Waals surface area contributed by atoms with Gasteiger partial charge in [-0.05, 0) is 24.3 Å². The molecule has 2 aromatic carbocycles. The molecule has 0 spiro atoms. The first-order valence-corrected chi connectivity index (χ1v) is 10.1. The average molecular weight is 497 g/mol. The highest BCUT2D eigenvalue weighted by atomic mass is 35.5. The van der Waals surface area contributed by atoms with Gasteiger partial charge in [-0.2, -0.15) is 13.2 Å². The Labute approximate surface area is 181 Å². The van der Waals surface area contributed by atoms with Crippen LogP contribution < -0.4 is 9.46 Å².